The van der Waals surface area contributed by atoms with Gasteiger partial charge in [-0.15, -0.1) is 0 Å². The molecule has 4 aromatic rings. The minimum absolute atomic E-state index is 0.102. The first-order valence-electron chi connectivity index (χ1n) is 8.19. The molecule has 0 spiro atoms. The monoisotopic (exact) mass is 343 g/mol. The molecule has 0 fully saturated rings. The molecule has 128 valence electrons. The van der Waals surface area contributed by atoms with Gasteiger partial charge in [0.05, 0.1) is 11.9 Å². The van der Waals surface area contributed by atoms with Crippen molar-refractivity contribution in [2.45, 2.75) is 6.42 Å². The normalized spacial score (nSPS) is 10.9. The third-order valence-electron chi connectivity index (χ3n) is 4.20. The minimum atomic E-state index is -0.102. The van der Waals surface area contributed by atoms with Crippen molar-refractivity contribution in [1.29, 1.82) is 0 Å². The molecule has 1 heterocycles. The summed E-state index contributed by atoms with van der Waals surface area (Å²) in [6.45, 7) is 0. The van der Waals surface area contributed by atoms with E-state index in [1.807, 2.05) is 42.5 Å². The zero-order chi connectivity index (χ0) is 18.1. The van der Waals surface area contributed by atoms with Gasteiger partial charge >= 0.3 is 0 Å². The molecule has 0 aliphatic carbocycles. The molecule has 0 saturated carbocycles. The van der Waals surface area contributed by atoms with Gasteiger partial charge in [0.2, 0.25) is 11.9 Å². The lowest BCUT2D eigenvalue weighted by molar-refractivity contribution is -0.115. The second-order valence-corrected chi connectivity index (χ2v) is 6.11. The van der Waals surface area contributed by atoms with Crippen LogP contribution >= 0.6 is 0 Å². The van der Waals surface area contributed by atoms with E-state index in [2.05, 4.69) is 15.3 Å². The largest absolute Gasteiger partial charge is 0.383 e. The van der Waals surface area contributed by atoms with Gasteiger partial charge in [-0.2, -0.15) is 4.98 Å². The van der Waals surface area contributed by atoms with E-state index in [0.717, 1.165) is 16.3 Å². The Kier molecular flexibility index (Phi) is 3.85. The van der Waals surface area contributed by atoms with E-state index in [4.69, 9.17) is 11.5 Å². The standard InChI is InChI=1S/C20H17N5O/c21-19-16-11-15(7-8-17(16)24-20(22)25-19)23-18(26)10-12-5-6-13-3-1-2-4-14(13)9-12/h1-9,11H,10H2,(H,23,26)(H4,21,22,24,25). The van der Waals surface area contributed by atoms with E-state index in [-0.39, 0.29) is 24.1 Å². The Morgan fingerprint density at radius 2 is 1.73 bits per heavy atom. The third kappa shape index (κ3) is 3.12. The molecule has 0 unspecified atom stereocenters. The number of rotatable bonds is 3. The summed E-state index contributed by atoms with van der Waals surface area (Å²) in [6, 6.07) is 19.4. The lowest BCUT2D eigenvalue weighted by Crippen LogP contribution is -2.14. The molecule has 5 N–H and O–H groups in total. The predicted molar refractivity (Wildman–Crippen MR) is 105 cm³/mol. The average molecular weight is 343 g/mol. The van der Waals surface area contributed by atoms with Crippen LogP contribution in [0.5, 0.6) is 0 Å². The predicted octanol–water partition coefficient (Wildman–Crippen LogP) is 3.13. The number of aromatic nitrogens is 2. The fourth-order valence-corrected chi connectivity index (χ4v) is 2.99. The fraction of sp³-hybridized carbons (Fsp3) is 0.0500. The highest BCUT2D eigenvalue weighted by Gasteiger charge is 2.08. The Balaban J connectivity index is 1.54. The van der Waals surface area contributed by atoms with Crippen LogP contribution in [0.3, 0.4) is 0 Å². The lowest BCUT2D eigenvalue weighted by Gasteiger charge is -2.08. The lowest BCUT2D eigenvalue weighted by atomic mass is 10.0. The molecule has 0 atom stereocenters. The number of nitrogens with one attached hydrogen (secondary N) is 1. The molecule has 1 amide bonds. The molecule has 0 radical (unpaired) electrons. The summed E-state index contributed by atoms with van der Waals surface area (Å²) in [5.74, 6) is 0.316. The minimum Gasteiger partial charge on any atom is -0.383 e. The SMILES string of the molecule is Nc1nc(N)c2cc(NC(=O)Cc3ccc4ccccc4c3)ccc2n1. The molecule has 0 aliphatic rings. The van der Waals surface area contributed by atoms with Gasteiger partial charge in [0.25, 0.3) is 0 Å². The van der Waals surface area contributed by atoms with E-state index in [1.54, 1.807) is 18.2 Å². The number of anilines is 3. The number of hydrogen-bond donors (Lipinski definition) is 3. The van der Waals surface area contributed by atoms with E-state index in [9.17, 15) is 4.79 Å². The Morgan fingerprint density at radius 3 is 2.58 bits per heavy atom. The first-order valence-corrected chi connectivity index (χ1v) is 8.19. The number of amides is 1. The first kappa shape index (κ1) is 15.8. The number of hydrogen-bond acceptors (Lipinski definition) is 5. The van der Waals surface area contributed by atoms with Crippen molar-refractivity contribution in [2.75, 3.05) is 16.8 Å². The van der Waals surface area contributed by atoms with Crippen molar-refractivity contribution in [3.63, 3.8) is 0 Å². The molecule has 3 aromatic carbocycles. The number of benzene rings is 3. The van der Waals surface area contributed by atoms with Crippen molar-refractivity contribution in [1.82, 2.24) is 9.97 Å². The smallest absolute Gasteiger partial charge is 0.228 e. The van der Waals surface area contributed by atoms with Crippen molar-refractivity contribution in [3.8, 4) is 0 Å². The van der Waals surface area contributed by atoms with Crippen LogP contribution in [-0.2, 0) is 11.2 Å². The van der Waals surface area contributed by atoms with E-state index in [0.29, 0.717) is 16.6 Å². The van der Waals surface area contributed by atoms with Crippen LogP contribution in [0.2, 0.25) is 0 Å². The fourth-order valence-electron chi connectivity index (χ4n) is 2.99. The van der Waals surface area contributed by atoms with Crippen LogP contribution in [0.1, 0.15) is 5.56 Å². The molecular weight excluding hydrogens is 326 g/mol. The Labute approximate surface area is 149 Å². The summed E-state index contributed by atoms with van der Waals surface area (Å²) < 4.78 is 0. The van der Waals surface area contributed by atoms with Crippen LogP contribution in [0.4, 0.5) is 17.5 Å². The molecule has 1 aromatic heterocycles. The zero-order valence-corrected chi connectivity index (χ0v) is 13.9. The number of nitrogens with zero attached hydrogens (tertiary/aromatic N) is 2. The summed E-state index contributed by atoms with van der Waals surface area (Å²) in [7, 11) is 0. The maximum Gasteiger partial charge on any atom is 0.228 e. The molecule has 0 saturated heterocycles. The highest BCUT2D eigenvalue weighted by Crippen LogP contribution is 2.23. The average Bonchev–Trinajstić information content (AvgIpc) is 2.62. The van der Waals surface area contributed by atoms with E-state index >= 15 is 0 Å². The molecule has 0 aliphatic heterocycles. The van der Waals surface area contributed by atoms with Gasteiger partial charge in [0.15, 0.2) is 0 Å². The maximum absolute atomic E-state index is 12.4. The molecule has 4 rings (SSSR count). The zero-order valence-electron chi connectivity index (χ0n) is 13.9. The van der Waals surface area contributed by atoms with Gasteiger partial charge in [-0.05, 0) is 34.5 Å². The van der Waals surface area contributed by atoms with Crippen LogP contribution < -0.4 is 16.8 Å². The second kappa shape index (κ2) is 6.33. The molecule has 26 heavy (non-hydrogen) atoms. The maximum atomic E-state index is 12.4. The Hall–Kier alpha value is -3.67. The van der Waals surface area contributed by atoms with Crippen molar-refractivity contribution < 1.29 is 4.79 Å². The van der Waals surface area contributed by atoms with Gasteiger partial charge in [-0.25, -0.2) is 4.98 Å². The third-order valence-corrected chi connectivity index (χ3v) is 4.20. The van der Waals surface area contributed by atoms with Crippen molar-refractivity contribution in [2.24, 2.45) is 0 Å². The van der Waals surface area contributed by atoms with Crippen molar-refractivity contribution >= 4 is 45.0 Å². The van der Waals surface area contributed by atoms with Gasteiger partial charge in [0, 0.05) is 11.1 Å². The summed E-state index contributed by atoms with van der Waals surface area (Å²) in [4.78, 5) is 20.5. The highest BCUT2D eigenvalue weighted by molar-refractivity contribution is 5.97. The van der Waals surface area contributed by atoms with Crippen LogP contribution in [0.25, 0.3) is 21.7 Å². The molecular formula is C20H17N5O. The first-order chi connectivity index (χ1) is 12.6. The molecule has 6 nitrogen and oxygen atoms in total. The number of nitrogen functional groups attached to an aromatic ring is 2. The topological polar surface area (TPSA) is 107 Å². The van der Waals surface area contributed by atoms with E-state index < -0.39 is 0 Å². The summed E-state index contributed by atoms with van der Waals surface area (Å²) in [5, 5.41) is 5.82. The van der Waals surface area contributed by atoms with Crippen LogP contribution in [0.15, 0.2) is 60.7 Å². The van der Waals surface area contributed by atoms with Gasteiger partial charge < -0.3 is 16.8 Å². The van der Waals surface area contributed by atoms with Gasteiger partial charge in [0.1, 0.15) is 5.82 Å². The second-order valence-electron chi connectivity index (χ2n) is 6.11. The summed E-state index contributed by atoms with van der Waals surface area (Å²) in [5.41, 5.74) is 13.7. The summed E-state index contributed by atoms with van der Waals surface area (Å²) >= 11 is 0. The van der Waals surface area contributed by atoms with Crippen molar-refractivity contribution in [3.05, 3.63) is 66.2 Å². The van der Waals surface area contributed by atoms with Crippen LogP contribution in [0, 0.1) is 0 Å². The number of carbonyl (C=O) groups excluding carboxylic acids is 1. The number of fused-ring (bicyclic) bond motifs is 2. The Morgan fingerprint density at radius 1 is 0.923 bits per heavy atom. The van der Waals surface area contributed by atoms with Gasteiger partial charge in [-0.3, -0.25) is 4.79 Å². The highest BCUT2D eigenvalue weighted by atomic mass is 16.1. The Bertz CT molecular complexity index is 1140. The number of carbonyl (C=O) groups is 1. The van der Waals surface area contributed by atoms with Gasteiger partial charge in [-0.1, -0.05) is 42.5 Å². The van der Waals surface area contributed by atoms with Crippen LogP contribution in [-0.4, -0.2) is 15.9 Å². The van der Waals surface area contributed by atoms with E-state index in [1.165, 1.54) is 0 Å². The number of nitrogens with two attached hydrogens (primary N) is 2. The summed E-state index contributed by atoms with van der Waals surface area (Å²) in [6.07, 6.45) is 0.288. The quantitative estimate of drug-likeness (QED) is 0.530. The molecule has 0 bridgehead atoms. The molecule has 6 heteroatoms.